The monoisotopic (exact) mass is 297 g/mol. The molecule has 0 bridgehead atoms. The predicted molar refractivity (Wildman–Crippen MR) is 79.5 cm³/mol. The van der Waals surface area contributed by atoms with Crippen molar-refractivity contribution in [3.05, 3.63) is 59.2 Å². The largest absolute Gasteiger partial charge is 0.464 e. The Morgan fingerprint density at radius 1 is 1.27 bits per heavy atom. The maximum Gasteiger partial charge on any atom is 0.356 e. The molecule has 2 aromatic rings. The van der Waals surface area contributed by atoms with E-state index in [2.05, 4.69) is 15.1 Å². The number of methoxy groups -OCH3 is 1. The molecule has 1 unspecified atom stereocenters. The number of ether oxygens (including phenoxy) is 1. The Bertz CT molecular complexity index is 729. The van der Waals surface area contributed by atoms with Crippen LogP contribution in [0.15, 0.2) is 41.6 Å². The zero-order valence-electron chi connectivity index (χ0n) is 12.3. The number of rotatable bonds is 3. The van der Waals surface area contributed by atoms with Crippen molar-refractivity contribution in [3.8, 4) is 0 Å². The molecule has 0 saturated carbocycles. The summed E-state index contributed by atoms with van der Waals surface area (Å²) >= 11 is 0. The van der Waals surface area contributed by atoms with E-state index in [1.807, 2.05) is 30.3 Å². The first-order chi connectivity index (χ1) is 10.7. The molecule has 1 aromatic carbocycles. The van der Waals surface area contributed by atoms with Gasteiger partial charge < -0.3 is 9.57 Å². The third-order valence-corrected chi connectivity index (χ3v) is 3.37. The van der Waals surface area contributed by atoms with Gasteiger partial charge in [-0.25, -0.2) is 14.8 Å². The van der Waals surface area contributed by atoms with Crippen LogP contribution in [0.2, 0.25) is 0 Å². The van der Waals surface area contributed by atoms with Gasteiger partial charge >= 0.3 is 5.97 Å². The summed E-state index contributed by atoms with van der Waals surface area (Å²) in [5.74, 6) is -0.00497. The Balaban J connectivity index is 1.84. The lowest BCUT2D eigenvalue weighted by Crippen LogP contribution is -2.11. The molecule has 6 nitrogen and oxygen atoms in total. The average molecular weight is 297 g/mol. The van der Waals surface area contributed by atoms with Gasteiger partial charge in [-0.05, 0) is 18.6 Å². The number of hydrogen-bond acceptors (Lipinski definition) is 6. The van der Waals surface area contributed by atoms with Crippen molar-refractivity contribution >= 4 is 11.7 Å². The molecule has 1 aliphatic heterocycles. The average Bonchev–Trinajstić information content (AvgIpc) is 3.04. The Morgan fingerprint density at radius 2 is 2.05 bits per heavy atom. The number of benzene rings is 1. The van der Waals surface area contributed by atoms with E-state index in [9.17, 15) is 4.79 Å². The van der Waals surface area contributed by atoms with Gasteiger partial charge in [-0.15, -0.1) is 0 Å². The van der Waals surface area contributed by atoms with Crippen LogP contribution in [0.4, 0.5) is 0 Å². The molecule has 6 heteroatoms. The molecule has 22 heavy (non-hydrogen) atoms. The lowest BCUT2D eigenvalue weighted by Gasteiger charge is -2.07. The fourth-order valence-corrected chi connectivity index (χ4v) is 2.30. The van der Waals surface area contributed by atoms with E-state index < -0.39 is 5.97 Å². The van der Waals surface area contributed by atoms with Gasteiger partial charge in [0.1, 0.15) is 11.5 Å². The van der Waals surface area contributed by atoms with E-state index >= 15 is 0 Å². The van der Waals surface area contributed by atoms with Crippen molar-refractivity contribution in [1.29, 1.82) is 0 Å². The topological polar surface area (TPSA) is 73.7 Å². The number of nitrogens with zero attached hydrogens (tertiary/aromatic N) is 3. The molecule has 3 rings (SSSR count). The minimum absolute atomic E-state index is 0.131. The first-order valence-electron chi connectivity index (χ1n) is 6.89. The standard InChI is InChI=1S/C16H15N3O3/c1-10-17-12(8-14(18-10)16(20)21-2)13-9-15(22-19-13)11-6-4-3-5-7-11/h3-8,15H,9H2,1-2H3. The van der Waals surface area contributed by atoms with Gasteiger partial charge in [0.05, 0.1) is 12.8 Å². The highest BCUT2D eigenvalue weighted by Gasteiger charge is 2.25. The molecule has 1 aromatic heterocycles. The zero-order chi connectivity index (χ0) is 15.5. The number of oxime groups is 1. The van der Waals surface area contributed by atoms with Gasteiger partial charge in [-0.3, -0.25) is 0 Å². The fourth-order valence-electron chi connectivity index (χ4n) is 2.30. The summed E-state index contributed by atoms with van der Waals surface area (Å²) in [6.07, 6.45) is 0.467. The van der Waals surface area contributed by atoms with Gasteiger partial charge in [-0.1, -0.05) is 35.5 Å². The fraction of sp³-hybridized carbons (Fsp3) is 0.250. The first-order valence-corrected chi connectivity index (χ1v) is 6.89. The van der Waals surface area contributed by atoms with Crippen molar-refractivity contribution < 1.29 is 14.4 Å². The number of hydrogen-bond donors (Lipinski definition) is 0. The third-order valence-electron chi connectivity index (χ3n) is 3.37. The van der Waals surface area contributed by atoms with E-state index in [1.165, 1.54) is 7.11 Å². The maximum absolute atomic E-state index is 11.6. The normalized spacial score (nSPS) is 16.8. The first kappa shape index (κ1) is 14.2. The molecule has 112 valence electrons. The van der Waals surface area contributed by atoms with Crippen LogP contribution in [-0.4, -0.2) is 28.8 Å². The summed E-state index contributed by atoms with van der Waals surface area (Å²) in [4.78, 5) is 25.5. The smallest absolute Gasteiger partial charge is 0.356 e. The molecule has 0 N–H and O–H groups in total. The van der Waals surface area contributed by atoms with Crippen molar-refractivity contribution in [2.45, 2.75) is 19.4 Å². The molecule has 0 amide bonds. The summed E-state index contributed by atoms with van der Waals surface area (Å²) in [6.45, 7) is 1.72. The molecule has 0 radical (unpaired) electrons. The van der Waals surface area contributed by atoms with E-state index in [-0.39, 0.29) is 11.8 Å². The predicted octanol–water partition coefficient (Wildman–Crippen LogP) is 2.44. The second-order valence-corrected chi connectivity index (χ2v) is 4.92. The van der Waals surface area contributed by atoms with Gasteiger partial charge in [0.25, 0.3) is 0 Å². The number of aromatic nitrogens is 2. The van der Waals surface area contributed by atoms with E-state index in [0.717, 1.165) is 5.56 Å². The van der Waals surface area contributed by atoms with Crippen LogP contribution < -0.4 is 0 Å². The zero-order valence-corrected chi connectivity index (χ0v) is 12.3. The third kappa shape index (κ3) is 2.81. The summed E-state index contributed by atoms with van der Waals surface area (Å²) in [5.41, 5.74) is 2.56. The molecule has 0 saturated heterocycles. The van der Waals surface area contributed by atoms with Crippen molar-refractivity contribution in [1.82, 2.24) is 9.97 Å². The lowest BCUT2D eigenvalue weighted by molar-refractivity contribution is 0.0593. The Labute approximate surface area is 127 Å². The van der Waals surface area contributed by atoms with Crippen LogP contribution in [0.5, 0.6) is 0 Å². The summed E-state index contributed by atoms with van der Waals surface area (Å²) in [6, 6.07) is 11.4. The number of esters is 1. The molecule has 1 aliphatic rings. The second kappa shape index (κ2) is 5.93. The van der Waals surface area contributed by atoms with Crippen molar-refractivity contribution in [3.63, 3.8) is 0 Å². The molecule has 1 atom stereocenters. The minimum atomic E-state index is -0.495. The van der Waals surface area contributed by atoms with Crippen LogP contribution >= 0.6 is 0 Å². The van der Waals surface area contributed by atoms with Crippen LogP contribution in [0.1, 0.15) is 40.1 Å². The van der Waals surface area contributed by atoms with Crippen LogP contribution in [-0.2, 0) is 9.57 Å². The SMILES string of the molecule is COC(=O)c1cc(C2=NOC(c3ccccc3)C2)nc(C)n1. The van der Waals surface area contributed by atoms with E-state index in [1.54, 1.807) is 13.0 Å². The molecule has 0 aliphatic carbocycles. The lowest BCUT2D eigenvalue weighted by atomic mass is 10.0. The number of aryl methyl sites for hydroxylation is 1. The highest BCUT2D eigenvalue weighted by atomic mass is 16.6. The molecule has 0 fully saturated rings. The Kier molecular flexibility index (Phi) is 3.82. The summed E-state index contributed by atoms with van der Waals surface area (Å²) in [7, 11) is 1.32. The number of carbonyl (C=O) groups excluding carboxylic acids is 1. The molecule has 2 heterocycles. The summed E-state index contributed by atoms with van der Waals surface area (Å²) < 4.78 is 4.70. The highest BCUT2D eigenvalue weighted by Crippen LogP contribution is 2.28. The van der Waals surface area contributed by atoms with Crippen LogP contribution in [0, 0.1) is 6.92 Å². The van der Waals surface area contributed by atoms with E-state index in [4.69, 9.17) is 9.57 Å². The summed E-state index contributed by atoms with van der Waals surface area (Å²) in [5, 5.41) is 4.11. The van der Waals surface area contributed by atoms with E-state index in [0.29, 0.717) is 23.7 Å². The maximum atomic E-state index is 11.6. The van der Waals surface area contributed by atoms with Crippen LogP contribution in [0.25, 0.3) is 0 Å². The van der Waals surface area contributed by atoms with Crippen LogP contribution in [0.3, 0.4) is 0 Å². The molecule has 0 spiro atoms. The van der Waals surface area contributed by atoms with Gasteiger partial charge in [0, 0.05) is 6.42 Å². The highest BCUT2D eigenvalue weighted by molar-refractivity contribution is 6.01. The minimum Gasteiger partial charge on any atom is -0.464 e. The van der Waals surface area contributed by atoms with Gasteiger partial charge in [0.2, 0.25) is 0 Å². The van der Waals surface area contributed by atoms with Crippen molar-refractivity contribution in [2.75, 3.05) is 7.11 Å². The molecular formula is C16H15N3O3. The van der Waals surface area contributed by atoms with Crippen molar-refractivity contribution in [2.24, 2.45) is 5.16 Å². The second-order valence-electron chi connectivity index (χ2n) is 4.92. The van der Waals surface area contributed by atoms with Gasteiger partial charge in [-0.2, -0.15) is 0 Å². The molecular weight excluding hydrogens is 282 g/mol. The Morgan fingerprint density at radius 3 is 2.77 bits per heavy atom. The van der Waals surface area contributed by atoms with Gasteiger partial charge in [0.15, 0.2) is 11.8 Å². The Hall–Kier alpha value is -2.76. The quantitative estimate of drug-likeness (QED) is 0.813. The number of carbonyl (C=O) groups is 1.